The maximum absolute atomic E-state index is 3.48. The predicted octanol–water partition coefficient (Wildman–Crippen LogP) is 1.40. The Morgan fingerprint density at radius 2 is 1.69 bits per heavy atom. The Morgan fingerprint density at radius 3 is 2.19 bits per heavy atom. The van der Waals surface area contributed by atoms with Crippen molar-refractivity contribution in [3.8, 4) is 0 Å². The summed E-state index contributed by atoms with van der Waals surface area (Å²) in [6, 6.07) is 1.37. The highest BCUT2D eigenvalue weighted by atomic mass is 15.3. The third-order valence-electron chi connectivity index (χ3n) is 3.60. The van der Waals surface area contributed by atoms with Gasteiger partial charge in [0.2, 0.25) is 0 Å². The fraction of sp³-hybridized carbons (Fsp3) is 1.00. The van der Waals surface area contributed by atoms with Crippen molar-refractivity contribution in [3.05, 3.63) is 0 Å². The Hall–Kier alpha value is -0.120. The normalized spacial score (nSPS) is 21.6. The summed E-state index contributed by atoms with van der Waals surface area (Å²) in [5.41, 5.74) is 0. The van der Waals surface area contributed by atoms with Crippen LogP contribution in [-0.4, -0.2) is 61.2 Å². The Kier molecular flexibility index (Phi) is 6.32. The summed E-state index contributed by atoms with van der Waals surface area (Å²) in [6.07, 6.45) is 1.27. The van der Waals surface area contributed by atoms with Gasteiger partial charge < -0.3 is 5.32 Å². The third-order valence-corrected chi connectivity index (χ3v) is 3.60. The first-order valence-corrected chi connectivity index (χ1v) is 6.83. The molecular formula is C13H29N3. The Morgan fingerprint density at radius 1 is 1.06 bits per heavy atom. The number of nitrogens with one attached hydrogen (secondary N) is 1. The Balaban J connectivity index is 2.12. The minimum absolute atomic E-state index is 0.612. The smallest absolute Gasteiger partial charge is 0.0113 e. The average molecular weight is 227 g/mol. The van der Waals surface area contributed by atoms with E-state index in [-0.39, 0.29) is 0 Å². The molecule has 3 nitrogen and oxygen atoms in total. The molecule has 0 spiro atoms. The van der Waals surface area contributed by atoms with E-state index in [1.54, 1.807) is 0 Å². The quantitative estimate of drug-likeness (QED) is 0.740. The summed E-state index contributed by atoms with van der Waals surface area (Å²) in [7, 11) is 0. The predicted molar refractivity (Wildman–Crippen MR) is 70.9 cm³/mol. The van der Waals surface area contributed by atoms with Crippen LogP contribution in [0.25, 0.3) is 0 Å². The van der Waals surface area contributed by atoms with Crippen molar-refractivity contribution in [1.82, 2.24) is 15.1 Å². The molecule has 1 saturated heterocycles. The number of hydrogen-bond donors (Lipinski definition) is 1. The van der Waals surface area contributed by atoms with Gasteiger partial charge in [0, 0.05) is 51.4 Å². The van der Waals surface area contributed by atoms with Crippen molar-refractivity contribution in [2.75, 3.05) is 39.3 Å². The van der Waals surface area contributed by atoms with Crippen molar-refractivity contribution < 1.29 is 0 Å². The molecule has 0 aliphatic carbocycles. The average Bonchev–Trinajstić information content (AvgIpc) is 2.28. The topological polar surface area (TPSA) is 18.5 Å². The number of hydrogen-bond acceptors (Lipinski definition) is 3. The van der Waals surface area contributed by atoms with Crippen LogP contribution >= 0.6 is 0 Å². The van der Waals surface area contributed by atoms with Gasteiger partial charge in [-0.05, 0) is 13.3 Å². The van der Waals surface area contributed by atoms with E-state index in [9.17, 15) is 0 Å². The first kappa shape index (κ1) is 13.9. The van der Waals surface area contributed by atoms with E-state index in [1.807, 2.05) is 0 Å². The van der Waals surface area contributed by atoms with E-state index in [1.165, 1.54) is 39.1 Å². The van der Waals surface area contributed by atoms with Gasteiger partial charge in [-0.1, -0.05) is 20.8 Å². The lowest BCUT2D eigenvalue weighted by atomic mass is 10.2. The van der Waals surface area contributed by atoms with E-state index < -0.39 is 0 Å². The molecule has 0 amide bonds. The summed E-state index contributed by atoms with van der Waals surface area (Å²) in [4.78, 5) is 5.20. The molecule has 1 aliphatic rings. The van der Waals surface area contributed by atoms with Gasteiger partial charge in [0.25, 0.3) is 0 Å². The summed E-state index contributed by atoms with van der Waals surface area (Å²) < 4.78 is 0. The molecule has 0 aromatic rings. The lowest BCUT2D eigenvalue weighted by molar-refractivity contribution is 0.101. The van der Waals surface area contributed by atoms with Crippen LogP contribution in [0.2, 0.25) is 0 Å². The van der Waals surface area contributed by atoms with Crippen LogP contribution in [0.4, 0.5) is 0 Å². The second-order valence-electron chi connectivity index (χ2n) is 5.24. The van der Waals surface area contributed by atoms with Crippen LogP contribution in [0.1, 0.15) is 34.1 Å². The van der Waals surface area contributed by atoms with Crippen LogP contribution in [0.3, 0.4) is 0 Å². The van der Waals surface area contributed by atoms with Crippen molar-refractivity contribution in [2.24, 2.45) is 0 Å². The zero-order valence-corrected chi connectivity index (χ0v) is 11.5. The van der Waals surface area contributed by atoms with Crippen molar-refractivity contribution in [1.29, 1.82) is 0 Å². The van der Waals surface area contributed by atoms with Gasteiger partial charge >= 0.3 is 0 Å². The summed E-state index contributed by atoms with van der Waals surface area (Å²) in [6.45, 7) is 16.3. The van der Waals surface area contributed by atoms with Gasteiger partial charge in [-0.3, -0.25) is 9.80 Å². The standard InChI is InChI=1S/C13H29N3/c1-5-13(4)16-10-8-15(9-11-16)7-6-14-12(2)3/h12-14H,5-11H2,1-4H3. The molecule has 1 heterocycles. The number of nitrogens with zero attached hydrogens (tertiary/aromatic N) is 2. The van der Waals surface area contributed by atoms with E-state index in [0.717, 1.165) is 12.6 Å². The lowest BCUT2D eigenvalue weighted by Gasteiger charge is -2.37. The Labute approximate surface area is 101 Å². The number of rotatable bonds is 6. The molecule has 3 heteroatoms. The zero-order valence-electron chi connectivity index (χ0n) is 11.5. The summed E-state index contributed by atoms with van der Waals surface area (Å²) in [5, 5.41) is 3.48. The highest BCUT2D eigenvalue weighted by molar-refractivity contribution is 4.76. The minimum Gasteiger partial charge on any atom is -0.313 e. The first-order valence-electron chi connectivity index (χ1n) is 6.83. The highest BCUT2D eigenvalue weighted by Gasteiger charge is 2.19. The van der Waals surface area contributed by atoms with Crippen LogP contribution < -0.4 is 5.32 Å². The third kappa shape index (κ3) is 4.81. The molecular weight excluding hydrogens is 198 g/mol. The van der Waals surface area contributed by atoms with Gasteiger partial charge in [-0.2, -0.15) is 0 Å². The fourth-order valence-electron chi connectivity index (χ4n) is 2.20. The SMILES string of the molecule is CCC(C)N1CCN(CCNC(C)C)CC1. The van der Waals surface area contributed by atoms with Crippen molar-refractivity contribution in [2.45, 2.75) is 46.2 Å². The molecule has 1 fully saturated rings. The second-order valence-corrected chi connectivity index (χ2v) is 5.24. The molecule has 1 N–H and O–H groups in total. The van der Waals surface area contributed by atoms with E-state index in [4.69, 9.17) is 0 Å². The zero-order chi connectivity index (χ0) is 12.0. The molecule has 16 heavy (non-hydrogen) atoms. The maximum atomic E-state index is 3.48. The molecule has 0 aromatic heterocycles. The fourth-order valence-corrected chi connectivity index (χ4v) is 2.20. The molecule has 0 saturated carbocycles. The molecule has 0 bridgehead atoms. The van der Waals surface area contributed by atoms with Gasteiger partial charge in [0.1, 0.15) is 0 Å². The largest absolute Gasteiger partial charge is 0.313 e. The molecule has 0 aromatic carbocycles. The van der Waals surface area contributed by atoms with Crippen molar-refractivity contribution >= 4 is 0 Å². The molecule has 96 valence electrons. The van der Waals surface area contributed by atoms with E-state index in [0.29, 0.717) is 6.04 Å². The van der Waals surface area contributed by atoms with Crippen LogP contribution in [-0.2, 0) is 0 Å². The van der Waals surface area contributed by atoms with Gasteiger partial charge in [0.15, 0.2) is 0 Å². The molecule has 0 radical (unpaired) electrons. The molecule has 1 aliphatic heterocycles. The van der Waals surface area contributed by atoms with Gasteiger partial charge in [-0.15, -0.1) is 0 Å². The monoisotopic (exact) mass is 227 g/mol. The lowest BCUT2D eigenvalue weighted by Crippen LogP contribution is -2.50. The molecule has 1 unspecified atom stereocenters. The van der Waals surface area contributed by atoms with Crippen LogP contribution in [0.5, 0.6) is 0 Å². The molecule has 1 atom stereocenters. The summed E-state index contributed by atoms with van der Waals surface area (Å²) >= 11 is 0. The highest BCUT2D eigenvalue weighted by Crippen LogP contribution is 2.07. The first-order chi connectivity index (χ1) is 7.63. The Bertz CT molecular complexity index is 174. The van der Waals surface area contributed by atoms with Gasteiger partial charge in [-0.25, -0.2) is 0 Å². The van der Waals surface area contributed by atoms with E-state index in [2.05, 4.69) is 42.8 Å². The van der Waals surface area contributed by atoms with Gasteiger partial charge in [0.05, 0.1) is 0 Å². The second kappa shape index (κ2) is 7.25. The van der Waals surface area contributed by atoms with Crippen LogP contribution in [0.15, 0.2) is 0 Å². The molecule has 1 rings (SSSR count). The summed E-state index contributed by atoms with van der Waals surface area (Å²) in [5.74, 6) is 0. The maximum Gasteiger partial charge on any atom is 0.0113 e. The van der Waals surface area contributed by atoms with Crippen LogP contribution in [0, 0.1) is 0 Å². The number of piperazine rings is 1. The minimum atomic E-state index is 0.612. The van der Waals surface area contributed by atoms with Crippen molar-refractivity contribution in [3.63, 3.8) is 0 Å². The van der Waals surface area contributed by atoms with E-state index >= 15 is 0 Å².